The number of imidazole rings is 1. The molecule has 5 rings (SSSR count). The lowest BCUT2D eigenvalue weighted by Crippen LogP contribution is -2.36. The Kier molecular flexibility index (Phi) is 4.66. The van der Waals surface area contributed by atoms with Crippen LogP contribution in [0, 0.1) is 5.82 Å². The molecule has 1 amide bonds. The summed E-state index contributed by atoms with van der Waals surface area (Å²) in [6.07, 6.45) is -1.52. The van der Waals surface area contributed by atoms with Gasteiger partial charge in [0.15, 0.2) is 0 Å². The second-order valence-electron chi connectivity index (χ2n) is 7.64. The van der Waals surface area contributed by atoms with Crippen molar-refractivity contribution in [2.45, 2.75) is 19.1 Å². The number of aromatic nitrogens is 3. The van der Waals surface area contributed by atoms with Crippen molar-refractivity contribution in [1.82, 2.24) is 19.3 Å². The zero-order chi connectivity index (χ0) is 23.5. The number of ether oxygens (including phenoxy) is 1. The van der Waals surface area contributed by atoms with E-state index in [2.05, 4.69) is 9.97 Å². The molecule has 1 aliphatic rings. The maximum atomic E-state index is 15.0. The highest BCUT2D eigenvalue weighted by Crippen LogP contribution is 2.41. The fourth-order valence-corrected chi connectivity index (χ4v) is 4.15. The van der Waals surface area contributed by atoms with Crippen LogP contribution in [0.1, 0.15) is 34.5 Å². The zero-order valence-corrected chi connectivity index (χ0v) is 17.2. The Morgan fingerprint density at radius 3 is 2.79 bits per heavy atom. The summed E-state index contributed by atoms with van der Waals surface area (Å²) in [6, 6.07) is 5.00. The quantitative estimate of drug-likeness (QED) is 0.464. The summed E-state index contributed by atoms with van der Waals surface area (Å²) in [5.41, 5.74) is 6.50. The average molecular weight is 459 g/mol. The van der Waals surface area contributed by atoms with E-state index in [4.69, 9.17) is 10.5 Å². The molecule has 0 saturated carbocycles. The Morgan fingerprint density at radius 2 is 2.06 bits per heavy atom. The molecule has 11 heteroatoms. The molecule has 3 heterocycles. The summed E-state index contributed by atoms with van der Waals surface area (Å²) in [4.78, 5) is 23.0. The summed E-state index contributed by atoms with van der Waals surface area (Å²) in [7, 11) is 0. The third kappa shape index (κ3) is 3.31. The van der Waals surface area contributed by atoms with Crippen LogP contribution < -0.4 is 10.5 Å². The largest absolute Gasteiger partial charge is 0.491 e. The van der Waals surface area contributed by atoms with Crippen molar-refractivity contribution in [1.29, 1.82) is 0 Å². The van der Waals surface area contributed by atoms with Crippen molar-refractivity contribution < 1.29 is 27.1 Å². The number of alkyl halides is 3. The first-order valence-corrected chi connectivity index (χ1v) is 10.0. The highest BCUT2D eigenvalue weighted by Gasteiger charge is 2.37. The molecule has 7 nitrogen and oxygen atoms in total. The van der Waals surface area contributed by atoms with Gasteiger partial charge in [0, 0.05) is 18.2 Å². The van der Waals surface area contributed by atoms with Crippen molar-refractivity contribution in [3.63, 3.8) is 0 Å². The van der Waals surface area contributed by atoms with Crippen molar-refractivity contribution in [3.05, 3.63) is 65.4 Å². The molecule has 170 valence electrons. The first-order valence-electron chi connectivity index (χ1n) is 10.0. The van der Waals surface area contributed by atoms with Crippen LogP contribution >= 0.6 is 0 Å². The number of rotatable bonds is 3. The summed E-state index contributed by atoms with van der Waals surface area (Å²) in [5, 5.41) is 0. The smallest absolute Gasteiger partial charge is 0.416 e. The number of amides is 1. The topological polar surface area (TPSA) is 85.8 Å². The molecular formula is C22H17F4N5O2. The van der Waals surface area contributed by atoms with Gasteiger partial charge in [0.1, 0.15) is 29.5 Å². The number of nitrogen functional groups attached to an aromatic ring is 1. The lowest BCUT2D eigenvalue weighted by atomic mass is 10.0. The normalized spacial score (nSPS) is 15.6. The molecule has 2 N–H and O–H groups in total. The highest BCUT2D eigenvalue weighted by atomic mass is 19.4. The van der Waals surface area contributed by atoms with E-state index in [1.54, 1.807) is 11.3 Å². The maximum Gasteiger partial charge on any atom is 0.416 e. The Balaban J connectivity index is 1.55. The fraction of sp³-hybridized carbons (Fsp3) is 0.227. The van der Waals surface area contributed by atoms with Crippen LogP contribution in [0.15, 0.2) is 42.9 Å². The van der Waals surface area contributed by atoms with E-state index in [0.29, 0.717) is 16.6 Å². The molecule has 4 aromatic rings. The van der Waals surface area contributed by atoms with E-state index in [0.717, 1.165) is 18.2 Å². The number of hydrogen-bond acceptors (Lipinski definition) is 5. The molecule has 33 heavy (non-hydrogen) atoms. The second kappa shape index (κ2) is 7.32. The van der Waals surface area contributed by atoms with Gasteiger partial charge in [-0.3, -0.25) is 9.20 Å². The molecule has 0 radical (unpaired) electrons. The lowest BCUT2D eigenvalue weighted by molar-refractivity contribution is -0.137. The lowest BCUT2D eigenvalue weighted by Gasteiger charge is -2.27. The molecule has 2 aromatic heterocycles. The summed E-state index contributed by atoms with van der Waals surface area (Å²) < 4.78 is 61.1. The van der Waals surface area contributed by atoms with Gasteiger partial charge in [-0.1, -0.05) is 6.07 Å². The molecule has 0 fully saturated rings. The predicted molar refractivity (Wildman–Crippen MR) is 111 cm³/mol. The van der Waals surface area contributed by atoms with Gasteiger partial charge < -0.3 is 15.4 Å². The molecular weight excluding hydrogens is 442 g/mol. The molecule has 2 aromatic carbocycles. The van der Waals surface area contributed by atoms with Gasteiger partial charge in [0.25, 0.3) is 5.91 Å². The maximum absolute atomic E-state index is 15.0. The SMILES string of the molecule is CCN(C(=O)c1cc2c(cc1F)nc(N)c1cncn12)[C@@H]1COc2cc(C(F)(F)F)ccc21. The van der Waals surface area contributed by atoms with E-state index in [1.807, 2.05) is 0 Å². The third-order valence-electron chi connectivity index (χ3n) is 5.77. The van der Waals surface area contributed by atoms with Crippen molar-refractivity contribution in [3.8, 4) is 5.75 Å². The molecule has 0 aliphatic carbocycles. The molecule has 0 bridgehead atoms. The molecule has 0 saturated heterocycles. The monoisotopic (exact) mass is 459 g/mol. The number of carbonyl (C=O) groups excluding carboxylic acids is 1. The van der Waals surface area contributed by atoms with E-state index in [9.17, 15) is 22.4 Å². The van der Waals surface area contributed by atoms with E-state index in [1.165, 1.54) is 29.6 Å². The van der Waals surface area contributed by atoms with Gasteiger partial charge in [-0.05, 0) is 25.1 Å². The zero-order valence-electron chi connectivity index (χ0n) is 17.2. The highest BCUT2D eigenvalue weighted by molar-refractivity contribution is 5.98. The van der Waals surface area contributed by atoms with E-state index >= 15 is 0 Å². The van der Waals surface area contributed by atoms with Crippen molar-refractivity contribution in [2.24, 2.45) is 0 Å². The van der Waals surface area contributed by atoms with Crippen LogP contribution in [-0.2, 0) is 6.18 Å². The van der Waals surface area contributed by atoms with Gasteiger partial charge >= 0.3 is 6.18 Å². The summed E-state index contributed by atoms with van der Waals surface area (Å²) in [5.74, 6) is -1.18. The van der Waals surface area contributed by atoms with Crippen LogP contribution in [-0.4, -0.2) is 38.3 Å². The number of likely N-dealkylation sites (N-methyl/N-ethyl adjacent to an activating group) is 1. The summed E-state index contributed by atoms with van der Waals surface area (Å²) in [6.45, 7) is 1.86. The van der Waals surface area contributed by atoms with Crippen LogP contribution in [0.4, 0.5) is 23.4 Å². The molecule has 0 unspecified atom stereocenters. The first kappa shape index (κ1) is 21.0. The average Bonchev–Trinajstić information content (AvgIpc) is 3.41. The Bertz CT molecular complexity index is 1420. The Morgan fingerprint density at radius 1 is 1.27 bits per heavy atom. The van der Waals surface area contributed by atoms with Gasteiger partial charge in [-0.15, -0.1) is 0 Å². The Labute approximate surface area is 184 Å². The molecule has 1 atom stereocenters. The standard InChI is InChI=1S/C22H17F4N5O2/c1-2-30(18-9-33-19-5-11(22(24,25)26)3-4-12(18)19)21(32)13-6-16-15(7-14(13)23)29-20(27)17-8-28-10-31(16)17/h3-8,10,18H,2,9H2,1H3,(H2,27,29)/t18-/m1/s1. The van der Waals surface area contributed by atoms with Crippen LogP contribution in [0.3, 0.4) is 0 Å². The number of nitrogens with two attached hydrogens (primary N) is 1. The Hall–Kier alpha value is -3.89. The van der Waals surface area contributed by atoms with Gasteiger partial charge in [0.2, 0.25) is 0 Å². The van der Waals surface area contributed by atoms with Gasteiger partial charge in [0.05, 0.1) is 40.7 Å². The minimum absolute atomic E-state index is 0.0325. The number of carbonyl (C=O) groups is 1. The number of fused-ring (bicyclic) bond motifs is 4. The van der Waals surface area contributed by atoms with Gasteiger partial charge in [-0.2, -0.15) is 13.2 Å². The number of halogens is 4. The number of hydrogen-bond donors (Lipinski definition) is 1. The number of benzene rings is 2. The molecule has 1 aliphatic heterocycles. The third-order valence-corrected chi connectivity index (χ3v) is 5.77. The second-order valence-corrected chi connectivity index (χ2v) is 7.64. The molecule has 0 spiro atoms. The number of anilines is 1. The summed E-state index contributed by atoms with van der Waals surface area (Å²) >= 11 is 0. The van der Waals surface area contributed by atoms with Crippen LogP contribution in [0.2, 0.25) is 0 Å². The number of nitrogens with zero attached hydrogens (tertiary/aromatic N) is 4. The van der Waals surface area contributed by atoms with E-state index in [-0.39, 0.29) is 35.8 Å². The van der Waals surface area contributed by atoms with Crippen LogP contribution in [0.5, 0.6) is 5.75 Å². The van der Waals surface area contributed by atoms with Gasteiger partial charge in [-0.25, -0.2) is 14.4 Å². The predicted octanol–water partition coefficient (Wildman–Crippen LogP) is 4.22. The van der Waals surface area contributed by atoms with Crippen LogP contribution in [0.25, 0.3) is 16.6 Å². The minimum Gasteiger partial charge on any atom is -0.491 e. The first-order chi connectivity index (χ1) is 15.7. The van der Waals surface area contributed by atoms with Crippen molar-refractivity contribution in [2.75, 3.05) is 18.9 Å². The minimum atomic E-state index is -4.51. The fourth-order valence-electron chi connectivity index (χ4n) is 4.15. The van der Waals surface area contributed by atoms with Crippen molar-refractivity contribution >= 4 is 28.3 Å². The van der Waals surface area contributed by atoms with E-state index < -0.39 is 29.5 Å².